The largest absolute Gasteiger partial charge is 0.493 e. The Kier molecular flexibility index (Phi) is 3.39. The summed E-state index contributed by atoms with van der Waals surface area (Å²) in [5.74, 6) is 0.711. The van der Waals surface area contributed by atoms with Gasteiger partial charge in [0, 0.05) is 18.9 Å². The summed E-state index contributed by atoms with van der Waals surface area (Å²) in [5, 5.41) is 4.24. The van der Waals surface area contributed by atoms with Crippen molar-refractivity contribution in [3.05, 3.63) is 42.0 Å². The van der Waals surface area contributed by atoms with Crippen molar-refractivity contribution < 1.29 is 4.74 Å². The summed E-state index contributed by atoms with van der Waals surface area (Å²) in [6.07, 6.45) is 5.18. The lowest BCUT2D eigenvalue weighted by Crippen LogP contribution is -2.18. The van der Waals surface area contributed by atoms with Gasteiger partial charge in [-0.1, -0.05) is 6.07 Å². The van der Waals surface area contributed by atoms with Gasteiger partial charge in [-0.25, -0.2) is 0 Å². The lowest BCUT2D eigenvalue weighted by atomic mass is 10.1. The highest BCUT2D eigenvalue weighted by molar-refractivity contribution is 5.34. The van der Waals surface area contributed by atoms with Gasteiger partial charge in [0.1, 0.15) is 5.69 Å². The van der Waals surface area contributed by atoms with Crippen LogP contribution in [0.1, 0.15) is 24.2 Å². The van der Waals surface area contributed by atoms with Crippen LogP contribution in [0.4, 0.5) is 0 Å². The van der Waals surface area contributed by atoms with E-state index in [2.05, 4.69) is 10.1 Å². The van der Waals surface area contributed by atoms with Gasteiger partial charge in [-0.05, 0) is 18.6 Å². The molecule has 0 aliphatic carbocycles. The van der Waals surface area contributed by atoms with Crippen molar-refractivity contribution in [3.8, 4) is 5.75 Å². The second-order valence-electron chi connectivity index (χ2n) is 3.68. The van der Waals surface area contributed by atoms with Crippen LogP contribution < -0.4 is 10.5 Å². The highest BCUT2D eigenvalue weighted by atomic mass is 16.5. The zero-order valence-corrected chi connectivity index (χ0v) is 10.00. The summed E-state index contributed by atoms with van der Waals surface area (Å²) in [7, 11) is 1.62. The number of pyridine rings is 1. The SMILES string of the molecule is CCn1ncc(OC)c1C(N)c1cccnc1. The molecule has 90 valence electrons. The molecular formula is C12H16N4O. The molecule has 2 aromatic heterocycles. The van der Waals surface area contributed by atoms with Gasteiger partial charge in [-0.3, -0.25) is 9.67 Å². The minimum atomic E-state index is -0.277. The summed E-state index contributed by atoms with van der Waals surface area (Å²) in [5.41, 5.74) is 8.06. The van der Waals surface area contributed by atoms with E-state index in [0.29, 0.717) is 5.75 Å². The van der Waals surface area contributed by atoms with Crippen molar-refractivity contribution in [2.45, 2.75) is 19.5 Å². The summed E-state index contributed by atoms with van der Waals surface area (Å²) in [6, 6.07) is 3.54. The average Bonchev–Trinajstić information content (AvgIpc) is 2.81. The highest BCUT2D eigenvalue weighted by Crippen LogP contribution is 2.27. The van der Waals surface area contributed by atoms with Gasteiger partial charge < -0.3 is 10.5 Å². The third kappa shape index (κ3) is 2.14. The van der Waals surface area contributed by atoms with E-state index in [0.717, 1.165) is 17.8 Å². The molecule has 0 spiro atoms. The Morgan fingerprint density at radius 3 is 2.88 bits per heavy atom. The number of hydrogen-bond acceptors (Lipinski definition) is 4. The quantitative estimate of drug-likeness (QED) is 0.864. The average molecular weight is 232 g/mol. The van der Waals surface area contributed by atoms with E-state index in [1.54, 1.807) is 25.7 Å². The molecule has 0 saturated heterocycles. The molecule has 2 heterocycles. The predicted molar refractivity (Wildman–Crippen MR) is 64.7 cm³/mol. The standard InChI is InChI=1S/C12H16N4O/c1-3-16-12(10(17-2)8-15-16)11(13)9-5-4-6-14-7-9/h4-8,11H,3,13H2,1-2H3. The Bertz CT molecular complexity index is 459. The molecule has 1 atom stereocenters. The second kappa shape index (κ2) is 4.97. The maximum Gasteiger partial charge on any atom is 0.161 e. The molecular weight excluding hydrogens is 216 g/mol. The lowest BCUT2D eigenvalue weighted by Gasteiger charge is -2.14. The van der Waals surface area contributed by atoms with Gasteiger partial charge in [0.2, 0.25) is 0 Å². The van der Waals surface area contributed by atoms with Crippen molar-refractivity contribution in [1.82, 2.24) is 14.8 Å². The molecule has 0 bridgehead atoms. The van der Waals surface area contributed by atoms with Gasteiger partial charge in [-0.15, -0.1) is 0 Å². The molecule has 2 aromatic rings. The second-order valence-corrected chi connectivity index (χ2v) is 3.68. The zero-order chi connectivity index (χ0) is 12.3. The van der Waals surface area contributed by atoms with Crippen LogP contribution >= 0.6 is 0 Å². The monoisotopic (exact) mass is 232 g/mol. The number of hydrogen-bond donors (Lipinski definition) is 1. The molecule has 5 heteroatoms. The van der Waals surface area contributed by atoms with Crippen LogP contribution in [0.2, 0.25) is 0 Å². The Hall–Kier alpha value is -1.88. The Labute approximate surface area is 100 Å². The molecule has 0 aliphatic rings. The van der Waals surface area contributed by atoms with E-state index in [9.17, 15) is 0 Å². The Balaban J connectivity index is 2.42. The first-order valence-corrected chi connectivity index (χ1v) is 5.53. The smallest absolute Gasteiger partial charge is 0.161 e. The highest BCUT2D eigenvalue weighted by Gasteiger charge is 2.19. The van der Waals surface area contributed by atoms with E-state index in [1.807, 2.05) is 23.7 Å². The summed E-state index contributed by atoms with van der Waals surface area (Å²) >= 11 is 0. The fourth-order valence-corrected chi connectivity index (χ4v) is 1.82. The number of ether oxygens (including phenoxy) is 1. The van der Waals surface area contributed by atoms with E-state index < -0.39 is 0 Å². The normalized spacial score (nSPS) is 12.4. The van der Waals surface area contributed by atoms with Crippen LogP contribution in [0, 0.1) is 0 Å². The van der Waals surface area contributed by atoms with Gasteiger partial charge in [0.25, 0.3) is 0 Å². The number of rotatable bonds is 4. The number of aromatic nitrogens is 3. The molecule has 2 rings (SSSR count). The third-order valence-corrected chi connectivity index (χ3v) is 2.70. The Morgan fingerprint density at radius 2 is 2.29 bits per heavy atom. The van der Waals surface area contributed by atoms with Crippen molar-refractivity contribution in [1.29, 1.82) is 0 Å². The first kappa shape index (κ1) is 11.6. The molecule has 0 fully saturated rings. The van der Waals surface area contributed by atoms with E-state index in [1.165, 1.54) is 0 Å². The maximum atomic E-state index is 6.23. The van der Waals surface area contributed by atoms with Crippen molar-refractivity contribution >= 4 is 0 Å². The van der Waals surface area contributed by atoms with Gasteiger partial charge >= 0.3 is 0 Å². The summed E-state index contributed by atoms with van der Waals surface area (Å²) in [4.78, 5) is 4.08. The maximum absolute atomic E-state index is 6.23. The van der Waals surface area contributed by atoms with Crippen LogP contribution in [0.25, 0.3) is 0 Å². The molecule has 1 unspecified atom stereocenters. The van der Waals surface area contributed by atoms with Gasteiger partial charge in [-0.2, -0.15) is 5.10 Å². The fourth-order valence-electron chi connectivity index (χ4n) is 1.82. The number of nitrogens with zero attached hydrogens (tertiary/aromatic N) is 3. The lowest BCUT2D eigenvalue weighted by molar-refractivity contribution is 0.404. The topological polar surface area (TPSA) is 66.0 Å². The molecule has 2 N–H and O–H groups in total. The molecule has 0 aliphatic heterocycles. The summed E-state index contributed by atoms with van der Waals surface area (Å²) in [6.45, 7) is 2.78. The Morgan fingerprint density at radius 1 is 1.47 bits per heavy atom. The fraction of sp³-hybridized carbons (Fsp3) is 0.333. The van der Waals surface area contributed by atoms with Gasteiger partial charge in [0.05, 0.1) is 19.3 Å². The van der Waals surface area contributed by atoms with E-state index in [4.69, 9.17) is 10.5 Å². The molecule has 5 nitrogen and oxygen atoms in total. The number of methoxy groups -OCH3 is 1. The van der Waals surface area contributed by atoms with Crippen molar-refractivity contribution in [3.63, 3.8) is 0 Å². The first-order chi connectivity index (χ1) is 8.27. The zero-order valence-electron chi connectivity index (χ0n) is 10.00. The van der Waals surface area contributed by atoms with E-state index >= 15 is 0 Å². The van der Waals surface area contributed by atoms with Crippen LogP contribution in [-0.4, -0.2) is 21.9 Å². The molecule has 0 amide bonds. The van der Waals surface area contributed by atoms with E-state index in [-0.39, 0.29) is 6.04 Å². The minimum Gasteiger partial charge on any atom is -0.493 e. The first-order valence-electron chi connectivity index (χ1n) is 5.53. The third-order valence-electron chi connectivity index (χ3n) is 2.70. The minimum absolute atomic E-state index is 0.277. The molecule has 17 heavy (non-hydrogen) atoms. The molecule has 0 radical (unpaired) electrons. The molecule has 0 aromatic carbocycles. The summed E-state index contributed by atoms with van der Waals surface area (Å²) < 4.78 is 7.13. The van der Waals surface area contributed by atoms with Crippen molar-refractivity contribution in [2.75, 3.05) is 7.11 Å². The molecule has 0 saturated carbocycles. The van der Waals surface area contributed by atoms with Crippen LogP contribution in [0.3, 0.4) is 0 Å². The van der Waals surface area contributed by atoms with Gasteiger partial charge in [0.15, 0.2) is 5.75 Å². The van der Waals surface area contributed by atoms with Crippen LogP contribution in [-0.2, 0) is 6.54 Å². The predicted octanol–water partition coefficient (Wildman–Crippen LogP) is 1.35. The number of nitrogens with two attached hydrogens (primary N) is 1. The van der Waals surface area contributed by atoms with Crippen LogP contribution in [0.15, 0.2) is 30.7 Å². The van der Waals surface area contributed by atoms with Crippen molar-refractivity contribution in [2.24, 2.45) is 5.73 Å². The van der Waals surface area contributed by atoms with Crippen LogP contribution in [0.5, 0.6) is 5.75 Å². The number of aryl methyl sites for hydroxylation is 1.